The molecule has 0 amide bonds. The van der Waals surface area contributed by atoms with E-state index in [9.17, 15) is 0 Å². The third kappa shape index (κ3) is 3.98. The number of hydrogen-bond acceptors (Lipinski definition) is 1. The second kappa shape index (κ2) is 4.33. The molecule has 0 aromatic rings. The maximum Gasteiger partial charge on any atom is 0.0722 e. The fraction of sp³-hybridized carbons (Fsp3) is 0.500. The monoisotopic (exact) mass is 126 g/mol. The molecule has 0 saturated heterocycles. The molecule has 1 atom stereocenters. The summed E-state index contributed by atoms with van der Waals surface area (Å²) in [4.78, 5) is 0. The van der Waals surface area contributed by atoms with Crippen molar-refractivity contribution in [2.75, 3.05) is 0 Å². The van der Waals surface area contributed by atoms with E-state index >= 15 is 0 Å². The Morgan fingerprint density at radius 1 is 1.56 bits per heavy atom. The van der Waals surface area contributed by atoms with E-state index in [0.717, 1.165) is 5.57 Å². The van der Waals surface area contributed by atoms with Gasteiger partial charge in [0.15, 0.2) is 0 Å². The van der Waals surface area contributed by atoms with Crippen LogP contribution in [0.15, 0.2) is 23.8 Å². The number of aliphatic hydroxyl groups is 1. The van der Waals surface area contributed by atoms with Crippen LogP contribution in [-0.4, -0.2) is 11.2 Å². The van der Waals surface area contributed by atoms with Gasteiger partial charge in [0.25, 0.3) is 0 Å². The number of rotatable bonds is 2. The molecule has 0 heterocycles. The van der Waals surface area contributed by atoms with E-state index in [1.165, 1.54) is 0 Å². The van der Waals surface area contributed by atoms with Crippen molar-refractivity contribution in [2.45, 2.75) is 26.9 Å². The molecule has 0 aliphatic rings. The maximum atomic E-state index is 8.95. The zero-order valence-electron chi connectivity index (χ0n) is 6.26. The van der Waals surface area contributed by atoms with Crippen molar-refractivity contribution < 1.29 is 5.11 Å². The highest BCUT2D eigenvalue weighted by atomic mass is 16.3. The predicted octanol–water partition coefficient (Wildman–Crippen LogP) is 1.89. The summed E-state index contributed by atoms with van der Waals surface area (Å²) in [6.07, 6.45) is 5.44. The van der Waals surface area contributed by atoms with Gasteiger partial charge in [-0.05, 0) is 26.3 Å². The molecule has 0 aliphatic heterocycles. The largest absolute Gasteiger partial charge is 0.389 e. The van der Waals surface area contributed by atoms with Crippen LogP contribution in [0.4, 0.5) is 0 Å². The first-order chi connectivity index (χ1) is 4.18. The summed E-state index contributed by atoms with van der Waals surface area (Å²) in [7, 11) is 0. The number of aliphatic hydroxyl groups excluding tert-OH is 1. The molecule has 0 bridgehead atoms. The average Bonchev–Trinajstić information content (AvgIpc) is 1.82. The van der Waals surface area contributed by atoms with Gasteiger partial charge in [0.1, 0.15) is 0 Å². The molecule has 52 valence electrons. The molecule has 0 aliphatic carbocycles. The van der Waals surface area contributed by atoms with Crippen LogP contribution in [-0.2, 0) is 0 Å². The van der Waals surface area contributed by atoms with Crippen LogP contribution in [0.1, 0.15) is 20.8 Å². The summed E-state index contributed by atoms with van der Waals surface area (Å²) in [5, 5.41) is 8.95. The van der Waals surface area contributed by atoms with Crippen molar-refractivity contribution in [3.8, 4) is 0 Å². The topological polar surface area (TPSA) is 20.2 Å². The molecule has 1 N–H and O–H groups in total. The smallest absolute Gasteiger partial charge is 0.0722 e. The van der Waals surface area contributed by atoms with E-state index < -0.39 is 0 Å². The van der Waals surface area contributed by atoms with Gasteiger partial charge in [-0.1, -0.05) is 18.2 Å². The highest BCUT2D eigenvalue weighted by Crippen LogP contribution is 1.98. The molecule has 0 fully saturated rings. The van der Waals surface area contributed by atoms with Crippen LogP contribution >= 0.6 is 0 Å². The molecular formula is C8H14O. The van der Waals surface area contributed by atoms with Crippen molar-refractivity contribution in [1.82, 2.24) is 0 Å². The molecule has 9 heavy (non-hydrogen) atoms. The van der Waals surface area contributed by atoms with Crippen molar-refractivity contribution >= 4 is 0 Å². The second-order valence-electron chi connectivity index (χ2n) is 2.11. The summed E-state index contributed by atoms with van der Waals surface area (Å²) < 4.78 is 0. The fourth-order valence-corrected chi connectivity index (χ4v) is 0.387. The summed E-state index contributed by atoms with van der Waals surface area (Å²) in [5.41, 5.74) is 0.994. The van der Waals surface area contributed by atoms with Crippen LogP contribution in [0.25, 0.3) is 0 Å². The molecule has 0 radical (unpaired) electrons. The van der Waals surface area contributed by atoms with Crippen molar-refractivity contribution in [3.63, 3.8) is 0 Å². The van der Waals surface area contributed by atoms with Crippen molar-refractivity contribution in [1.29, 1.82) is 0 Å². The minimum Gasteiger partial charge on any atom is -0.389 e. The van der Waals surface area contributed by atoms with Gasteiger partial charge < -0.3 is 5.11 Å². The lowest BCUT2D eigenvalue weighted by molar-refractivity contribution is 0.231. The lowest BCUT2D eigenvalue weighted by Crippen LogP contribution is -1.99. The standard InChI is InChI=1S/C8H14O/c1-4-5-6-7(2)8(3)9/h4-6,8-9H,1-3H3. The summed E-state index contributed by atoms with van der Waals surface area (Å²) in [6, 6.07) is 0. The number of hydrogen-bond donors (Lipinski definition) is 1. The van der Waals surface area contributed by atoms with E-state index in [1.54, 1.807) is 6.92 Å². The minimum atomic E-state index is -0.318. The molecule has 0 aromatic heterocycles. The van der Waals surface area contributed by atoms with E-state index in [-0.39, 0.29) is 6.10 Å². The first-order valence-electron chi connectivity index (χ1n) is 3.16. The Hall–Kier alpha value is -0.560. The Morgan fingerprint density at radius 3 is 2.44 bits per heavy atom. The predicted molar refractivity (Wildman–Crippen MR) is 40.3 cm³/mol. The van der Waals surface area contributed by atoms with Gasteiger partial charge in [0, 0.05) is 0 Å². The van der Waals surface area contributed by atoms with Crippen LogP contribution in [0.2, 0.25) is 0 Å². The summed E-state index contributed by atoms with van der Waals surface area (Å²) in [6.45, 7) is 5.62. The Balaban J connectivity index is 3.84. The van der Waals surface area contributed by atoms with Gasteiger partial charge >= 0.3 is 0 Å². The highest BCUT2D eigenvalue weighted by Gasteiger charge is 1.93. The second-order valence-corrected chi connectivity index (χ2v) is 2.11. The van der Waals surface area contributed by atoms with E-state index in [0.29, 0.717) is 0 Å². The third-order valence-electron chi connectivity index (χ3n) is 1.21. The number of allylic oxidation sites excluding steroid dienone is 3. The molecule has 0 spiro atoms. The third-order valence-corrected chi connectivity index (χ3v) is 1.21. The molecule has 1 unspecified atom stereocenters. The van der Waals surface area contributed by atoms with Gasteiger partial charge in [0.05, 0.1) is 6.10 Å². The summed E-state index contributed by atoms with van der Waals surface area (Å²) >= 11 is 0. The molecule has 0 aromatic carbocycles. The average molecular weight is 126 g/mol. The lowest BCUT2D eigenvalue weighted by Gasteiger charge is -2.00. The zero-order chi connectivity index (χ0) is 7.28. The molecule has 1 nitrogen and oxygen atoms in total. The van der Waals surface area contributed by atoms with Crippen LogP contribution < -0.4 is 0 Å². The van der Waals surface area contributed by atoms with E-state index in [1.807, 2.05) is 32.1 Å². The molecule has 1 heteroatoms. The quantitative estimate of drug-likeness (QED) is 0.560. The highest BCUT2D eigenvalue weighted by molar-refractivity contribution is 5.12. The first kappa shape index (κ1) is 8.44. The Bertz CT molecular complexity index is 121. The van der Waals surface area contributed by atoms with Gasteiger partial charge in [-0.3, -0.25) is 0 Å². The maximum absolute atomic E-state index is 8.95. The Morgan fingerprint density at radius 2 is 2.11 bits per heavy atom. The van der Waals surface area contributed by atoms with Crippen LogP contribution in [0.3, 0.4) is 0 Å². The minimum absolute atomic E-state index is 0.318. The SMILES string of the molecule is CC=CC=C(C)C(C)O. The molecule has 0 rings (SSSR count). The normalized spacial score (nSPS) is 16.7. The van der Waals surface area contributed by atoms with Crippen molar-refractivity contribution in [2.24, 2.45) is 0 Å². The van der Waals surface area contributed by atoms with Crippen LogP contribution in [0.5, 0.6) is 0 Å². The van der Waals surface area contributed by atoms with E-state index in [2.05, 4.69) is 0 Å². The molecule has 0 saturated carbocycles. The summed E-state index contributed by atoms with van der Waals surface area (Å²) in [5.74, 6) is 0. The zero-order valence-corrected chi connectivity index (χ0v) is 6.26. The van der Waals surface area contributed by atoms with Crippen LogP contribution in [0, 0.1) is 0 Å². The van der Waals surface area contributed by atoms with Gasteiger partial charge in [-0.2, -0.15) is 0 Å². The van der Waals surface area contributed by atoms with Gasteiger partial charge in [-0.25, -0.2) is 0 Å². The molecular weight excluding hydrogens is 112 g/mol. The van der Waals surface area contributed by atoms with Gasteiger partial charge in [-0.15, -0.1) is 0 Å². The first-order valence-corrected chi connectivity index (χ1v) is 3.16. The lowest BCUT2D eigenvalue weighted by atomic mass is 10.2. The van der Waals surface area contributed by atoms with E-state index in [4.69, 9.17) is 5.11 Å². The fourth-order valence-electron chi connectivity index (χ4n) is 0.387. The van der Waals surface area contributed by atoms with Gasteiger partial charge in [0.2, 0.25) is 0 Å². The van der Waals surface area contributed by atoms with Crippen molar-refractivity contribution in [3.05, 3.63) is 23.8 Å². The Kier molecular flexibility index (Phi) is 4.06. The Labute approximate surface area is 56.7 Å².